The topological polar surface area (TPSA) is 83.1 Å². The van der Waals surface area contributed by atoms with Gasteiger partial charge in [-0.2, -0.15) is 10.4 Å². The van der Waals surface area contributed by atoms with Crippen molar-refractivity contribution in [2.75, 3.05) is 24.5 Å². The van der Waals surface area contributed by atoms with E-state index in [2.05, 4.69) is 16.2 Å². The first-order valence-electron chi connectivity index (χ1n) is 11.5. The molecule has 2 aliphatic heterocycles. The number of hydrogen-bond donors (Lipinski definition) is 0. The molecule has 0 atom stereocenters. The normalized spacial score (nSPS) is 16.3. The zero-order valence-corrected chi connectivity index (χ0v) is 18.9. The fraction of sp³-hybridized carbons (Fsp3) is 0.417. The van der Waals surface area contributed by atoms with Crippen LogP contribution < -0.4 is 9.64 Å². The molecular weight excluding hydrogens is 440 g/mol. The van der Waals surface area contributed by atoms with E-state index in [9.17, 15) is 14.0 Å². The maximum absolute atomic E-state index is 14.0. The molecule has 1 saturated heterocycles. The van der Waals surface area contributed by atoms with Gasteiger partial charge in [-0.1, -0.05) is 0 Å². The molecular formula is C24H25F2N7O. The van der Waals surface area contributed by atoms with Crippen molar-refractivity contribution in [1.82, 2.24) is 24.6 Å². The standard InChI is InChI=1S/C24H25F2N7O/c1-2-33-13-16(12-28-33)23-24(30-20-7-8-31(15-27)14-21(20)29-23)32-9-5-18(6-10-32)34-22-4-3-17(25)11-19(22)26/h3-4,11-13,18H,2,5-10,14H2,1H3. The van der Waals surface area contributed by atoms with Gasteiger partial charge in [0.25, 0.3) is 0 Å². The average Bonchev–Trinajstić information content (AvgIpc) is 3.34. The van der Waals surface area contributed by atoms with Crippen LogP contribution in [0, 0.1) is 23.1 Å². The zero-order valence-electron chi connectivity index (χ0n) is 18.9. The number of anilines is 1. The van der Waals surface area contributed by atoms with E-state index >= 15 is 0 Å². The molecule has 4 heterocycles. The van der Waals surface area contributed by atoms with Gasteiger partial charge in [-0.15, -0.1) is 0 Å². The third-order valence-corrected chi connectivity index (χ3v) is 6.29. The molecule has 1 aromatic carbocycles. The molecule has 2 aliphatic rings. The van der Waals surface area contributed by atoms with Crippen LogP contribution in [0.15, 0.2) is 30.6 Å². The lowest BCUT2D eigenvalue weighted by molar-refractivity contribution is 0.163. The summed E-state index contributed by atoms with van der Waals surface area (Å²) in [6, 6.07) is 3.37. The maximum Gasteiger partial charge on any atom is 0.179 e. The summed E-state index contributed by atoms with van der Waals surface area (Å²) >= 11 is 0. The first-order valence-corrected chi connectivity index (χ1v) is 11.5. The Morgan fingerprint density at radius 2 is 1.97 bits per heavy atom. The minimum atomic E-state index is -0.690. The van der Waals surface area contributed by atoms with Gasteiger partial charge in [-0.25, -0.2) is 18.7 Å². The summed E-state index contributed by atoms with van der Waals surface area (Å²) in [4.78, 5) is 13.8. The van der Waals surface area contributed by atoms with Crippen LogP contribution in [0.4, 0.5) is 14.6 Å². The number of piperidine rings is 1. The number of nitrogens with zero attached hydrogens (tertiary/aromatic N) is 7. The van der Waals surface area contributed by atoms with Crippen LogP contribution in [-0.4, -0.2) is 50.4 Å². The summed E-state index contributed by atoms with van der Waals surface area (Å²) in [5.41, 5.74) is 3.37. The molecule has 0 saturated carbocycles. The smallest absolute Gasteiger partial charge is 0.179 e. The van der Waals surface area contributed by atoms with E-state index in [4.69, 9.17) is 14.7 Å². The number of halogens is 2. The lowest BCUT2D eigenvalue weighted by Crippen LogP contribution is -2.39. The van der Waals surface area contributed by atoms with Crippen LogP contribution in [-0.2, 0) is 19.5 Å². The highest BCUT2D eigenvalue weighted by Gasteiger charge is 2.28. The van der Waals surface area contributed by atoms with Crippen LogP contribution in [0.25, 0.3) is 11.3 Å². The van der Waals surface area contributed by atoms with E-state index in [-0.39, 0.29) is 11.9 Å². The van der Waals surface area contributed by atoms with Gasteiger partial charge in [-0.3, -0.25) is 4.68 Å². The maximum atomic E-state index is 14.0. The average molecular weight is 466 g/mol. The van der Waals surface area contributed by atoms with Crippen molar-refractivity contribution in [3.05, 3.63) is 53.6 Å². The van der Waals surface area contributed by atoms with Gasteiger partial charge in [-0.05, 0) is 19.1 Å². The van der Waals surface area contributed by atoms with Crippen molar-refractivity contribution in [2.45, 2.75) is 45.4 Å². The molecule has 0 radical (unpaired) electrons. The lowest BCUT2D eigenvalue weighted by Gasteiger charge is -2.34. The third-order valence-electron chi connectivity index (χ3n) is 6.29. The molecule has 0 unspecified atom stereocenters. The summed E-state index contributed by atoms with van der Waals surface area (Å²) in [7, 11) is 0. The van der Waals surface area contributed by atoms with E-state index in [0.717, 1.165) is 41.1 Å². The van der Waals surface area contributed by atoms with Crippen molar-refractivity contribution in [3.63, 3.8) is 0 Å². The predicted molar refractivity (Wildman–Crippen MR) is 121 cm³/mol. The lowest BCUT2D eigenvalue weighted by atomic mass is 10.1. The molecule has 3 aromatic rings. The van der Waals surface area contributed by atoms with Gasteiger partial charge in [0.15, 0.2) is 23.6 Å². The number of rotatable bonds is 5. The van der Waals surface area contributed by atoms with Crippen molar-refractivity contribution in [2.24, 2.45) is 0 Å². The van der Waals surface area contributed by atoms with Gasteiger partial charge in [0.05, 0.1) is 24.1 Å². The van der Waals surface area contributed by atoms with Gasteiger partial charge in [0.1, 0.15) is 17.6 Å². The molecule has 1 fully saturated rings. The Morgan fingerprint density at radius 1 is 1.15 bits per heavy atom. The van der Waals surface area contributed by atoms with E-state index in [1.807, 2.05) is 17.8 Å². The van der Waals surface area contributed by atoms with Crippen molar-refractivity contribution < 1.29 is 13.5 Å². The molecule has 8 nitrogen and oxygen atoms in total. The molecule has 0 bridgehead atoms. The molecule has 0 N–H and O–H groups in total. The van der Waals surface area contributed by atoms with E-state index in [1.165, 1.54) is 12.1 Å². The number of benzene rings is 1. The Bertz CT molecular complexity index is 1230. The van der Waals surface area contributed by atoms with Crippen LogP contribution in [0.1, 0.15) is 31.2 Å². The van der Waals surface area contributed by atoms with Gasteiger partial charge < -0.3 is 14.5 Å². The van der Waals surface area contributed by atoms with E-state index < -0.39 is 11.6 Å². The third kappa shape index (κ3) is 4.38. The number of ether oxygens (including phenoxy) is 1. The molecule has 10 heteroatoms. The highest BCUT2D eigenvalue weighted by atomic mass is 19.1. The summed E-state index contributed by atoms with van der Waals surface area (Å²) in [6.45, 7) is 5.19. The highest BCUT2D eigenvalue weighted by molar-refractivity contribution is 5.72. The van der Waals surface area contributed by atoms with Crippen molar-refractivity contribution >= 4 is 5.82 Å². The Balaban J connectivity index is 1.39. The van der Waals surface area contributed by atoms with E-state index in [1.54, 1.807) is 11.1 Å². The molecule has 5 rings (SSSR count). The fourth-order valence-electron chi connectivity index (χ4n) is 4.42. The minimum absolute atomic E-state index is 0.0724. The van der Waals surface area contributed by atoms with Crippen molar-refractivity contribution in [3.8, 4) is 23.2 Å². The molecule has 0 amide bonds. The summed E-state index contributed by atoms with van der Waals surface area (Å²) in [5.74, 6) is -0.443. The number of aromatic nitrogens is 4. The quantitative estimate of drug-likeness (QED) is 0.533. The second-order valence-electron chi connectivity index (χ2n) is 8.52. The molecule has 0 spiro atoms. The van der Waals surface area contributed by atoms with E-state index in [0.29, 0.717) is 45.4 Å². The number of nitriles is 1. The first-order chi connectivity index (χ1) is 16.5. The SMILES string of the molecule is CCn1cc(-c2nc3c(nc2N2CCC(Oc4ccc(F)cc4F)CC2)CCN(C#N)C3)cn1. The summed E-state index contributed by atoms with van der Waals surface area (Å²) in [5, 5.41) is 13.7. The first kappa shape index (κ1) is 22.1. The molecule has 176 valence electrons. The monoisotopic (exact) mass is 465 g/mol. The molecule has 34 heavy (non-hydrogen) atoms. The van der Waals surface area contributed by atoms with Gasteiger partial charge >= 0.3 is 0 Å². The second-order valence-corrected chi connectivity index (χ2v) is 8.52. The van der Waals surface area contributed by atoms with Crippen LogP contribution in [0.3, 0.4) is 0 Å². The fourth-order valence-corrected chi connectivity index (χ4v) is 4.42. The molecule has 2 aromatic heterocycles. The van der Waals surface area contributed by atoms with Crippen LogP contribution in [0.2, 0.25) is 0 Å². The summed E-state index contributed by atoms with van der Waals surface area (Å²) in [6.07, 6.45) is 7.80. The van der Waals surface area contributed by atoms with Crippen LogP contribution >= 0.6 is 0 Å². The minimum Gasteiger partial charge on any atom is -0.487 e. The predicted octanol–water partition coefficient (Wildman–Crippen LogP) is 3.53. The van der Waals surface area contributed by atoms with Crippen molar-refractivity contribution in [1.29, 1.82) is 5.26 Å². The Labute approximate surface area is 196 Å². The van der Waals surface area contributed by atoms with Gasteiger partial charge in [0.2, 0.25) is 0 Å². The molecule has 0 aliphatic carbocycles. The number of aryl methyl sites for hydroxylation is 1. The Kier molecular flexibility index (Phi) is 6.01. The highest BCUT2D eigenvalue weighted by Crippen LogP contribution is 2.33. The Hall–Kier alpha value is -3.74. The Morgan fingerprint density at radius 3 is 2.68 bits per heavy atom. The number of hydrogen-bond acceptors (Lipinski definition) is 7. The van der Waals surface area contributed by atoms with Gasteiger partial charge in [0, 0.05) is 63.3 Å². The largest absolute Gasteiger partial charge is 0.487 e. The second kappa shape index (κ2) is 9.25. The zero-order chi connectivity index (χ0) is 23.7. The number of fused-ring (bicyclic) bond motifs is 1. The summed E-state index contributed by atoms with van der Waals surface area (Å²) < 4.78 is 34.9. The van der Waals surface area contributed by atoms with Crippen LogP contribution in [0.5, 0.6) is 5.75 Å².